The van der Waals surface area contributed by atoms with Crippen LogP contribution in [0, 0.1) is 5.82 Å². The summed E-state index contributed by atoms with van der Waals surface area (Å²) in [4.78, 5) is 12.6. The highest BCUT2D eigenvalue weighted by atomic mass is 19.1. The van der Waals surface area contributed by atoms with Crippen LogP contribution in [-0.2, 0) is 0 Å². The normalized spacial score (nSPS) is 10.8. The zero-order chi connectivity index (χ0) is 14.7. The first kappa shape index (κ1) is 13.4. The van der Waals surface area contributed by atoms with Crippen LogP contribution in [0.25, 0.3) is 22.3 Å². The molecule has 21 heavy (non-hydrogen) atoms. The van der Waals surface area contributed by atoms with Gasteiger partial charge in [0.2, 0.25) is 5.95 Å². The largest absolute Gasteiger partial charge is 0.354 e. The van der Waals surface area contributed by atoms with Gasteiger partial charge in [0, 0.05) is 11.9 Å². The number of hydrogen-bond acceptors (Lipinski definition) is 4. The second-order valence-corrected chi connectivity index (χ2v) is 4.71. The minimum absolute atomic E-state index is 0.217. The molecule has 5 heteroatoms. The van der Waals surface area contributed by atoms with E-state index in [1.54, 1.807) is 6.07 Å². The molecule has 0 saturated carbocycles. The predicted molar refractivity (Wildman–Crippen MR) is 81.5 cm³/mol. The van der Waals surface area contributed by atoms with E-state index in [1.807, 2.05) is 37.3 Å². The number of hydrogen-bond donors (Lipinski definition) is 1. The maximum absolute atomic E-state index is 14.0. The topological polar surface area (TPSA) is 50.7 Å². The fourth-order valence-electron chi connectivity index (χ4n) is 2.07. The van der Waals surface area contributed by atoms with Crippen LogP contribution in [0.5, 0.6) is 0 Å². The van der Waals surface area contributed by atoms with Crippen molar-refractivity contribution in [2.45, 2.75) is 13.3 Å². The minimum atomic E-state index is -0.472. The van der Waals surface area contributed by atoms with Crippen LogP contribution in [0.2, 0.25) is 0 Å². The monoisotopic (exact) mass is 282 g/mol. The van der Waals surface area contributed by atoms with Gasteiger partial charge in [-0.1, -0.05) is 31.2 Å². The van der Waals surface area contributed by atoms with Crippen molar-refractivity contribution in [1.82, 2.24) is 15.0 Å². The Hall–Kier alpha value is -2.56. The van der Waals surface area contributed by atoms with Gasteiger partial charge in [-0.25, -0.2) is 19.3 Å². The average Bonchev–Trinajstić information content (AvgIpc) is 2.53. The maximum Gasteiger partial charge on any atom is 0.223 e. The van der Waals surface area contributed by atoms with Crippen molar-refractivity contribution < 1.29 is 4.39 Å². The Labute approximate surface area is 122 Å². The molecular weight excluding hydrogens is 267 g/mol. The van der Waals surface area contributed by atoms with Crippen molar-refractivity contribution in [2.24, 2.45) is 0 Å². The van der Waals surface area contributed by atoms with Crippen LogP contribution in [0.15, 0.2) is 42.6 Å². The molecular formula is C16H15FN4. The Morgan fingerprint density at radius 3 is 2.81 bits per heavy atom. The van der Waals surface area contributed by atoms with Crippen molar-refractivity contribution in [3.63, 3.8) is 0 Å². The zero-order valence-electron chi connectivity index (χ0n) is 11.7. The third-order valence-corrected chi connectivity index (χ3v) is 3.12. The standard InChI is InChI=1S/C16H15FN4/c1-2-9-18-16-19-10-12(17)15(21-16)14-8-7-11-5-3-4-6-13(11)20-14/h3-8,10H,2,9H2,1H3,(H,18,19,21). The second kappa shape index (κ2) is 5.83. The van der Waals surface area contributed by atoms with E-state index in [2.05, 4.69) is 20.3 Å². The summed E-state index contributed by atoms with van der Waals surface area (Å²) in [5, 5.41) is 4.07. The Morgan fingerprint density at radius 2 is 1.95 bits per heavy atom. The number of nitrogens with zero attached hydrogens (tertiary/aromatic N) is 3. The second-order valence-electron chi connectivity index (χ2n) is 4.71. The molecule has 1 aromatic carbocycles. The van der Waals surface area contributed by atoms with E-state index in [0.29, 0.717) is 11.6 Å². The molecule has 3 aromatic rings. The lowest BCUT2D eigenvalue weighted by Crippen LogP contribution is -2.06. The number of benzene rings is 1. The van der Waals surface area contributed by atoms with Crippen molar-refractivity contribution in [3.05, 3.63) is 48.4 Å². The molecule has 0 saturated heterocycles. The molecule has 0 radical (unpaired) electrons. The predicted octanol–water partition coefficient (Wildman–Crippen LogP) is 3.65. The highest BCUT2D eigenvalue weighted by Gasteiger charge is 2.11. The van der Waals surface area contributed by atoms with Gasteiger partial charge < -0.3 is 5.32 Å². The van der Waals surface area contributed by atoms with Crippen LogP contribution in [0.1, 0.15) is 13.3 Å². The molecule has 2 aromatic heterocycles. The molecule has 0 amide bonds. The van der Waals surface area contributed by atoms with E-state index in [-0.39, 0.29) is 5.69 Å². The van der Waals surface area contributed by atoms with Crippen LogP contribution < -0.4 is 5.32 Å². The summed E-state index contributed by atoms with van der Waals surface area (Å²) >= 11 is 0. The number of aromatic nitrogens is 3. The number of pyridine rings is 1. The first-order valence-electron chi connectivity index (χ1n) is 6.90. The zero-order valence-corrected chi connectivity index (χ0v) is 11.7. The van der Waals surface area contributed by atoms with Gasteiger partial charge in [0.15, 0.2) is 5.82 Å². The van der Waals surface area contributed by atoms with Crippen molar-refractivity contribution >= 4 is 16.9 Å². The number of anilines is 1. The number of para-hydroxylation sites is 1. The lowest BCUT2D eigenvalue weighted by atomic mass is 10.2. The molecule has 0 fully saturated rings. The summed E-state index contributed by atoms with van der Waals surface area (Å²) in [5.74, 6) is -0.0527. The van der Waals surface area contributed by atoms with Gasteiger partial charge in [0.05, 0.1) is 17.4 Å². The highest BCUT2D eigenvalue weighted by molar-refractivity contribution is 5.81. The number of halogens is 1. The fourth-order valence-corrected chi connectivity index (χ4v) is 2.07. The molecule has 1 N–H and O–H groups in total. The number of nitrogens with one attached hydrogen (secondary N) is 1. The minimum Gasteiger partial charge on any atom is -0.354 e. The maximum atomic E-state index is 14.0. The summed E-state index contributed by atoms with van der Waals surface area (Å²) in [6.07, 6.45) is 2.13. The Kier molecular flexibility index (Phi) is 3.73. The highest BCUT2D eigenvalue weighted by Crippen LogP contribution is 2.22. The molecule has 0 bridgehead atoms. The average molecular weight is 282 g/mol. The molecule has 0 atom stereocenters. The number of rotatable bonds is 4. The Morgan fingerprint density at radius 1 is 1.10 bits per heavy atom. The van der Waals surface area contributed by atoms with Crippen LogP contribution >= 0.6 is 0 Å². The summed E-state index contributed by atoms with van der Waals surface area (Å²) < 4.78 is 14.0. The third-order valence-electron chi connectivity index (χ3n) is 3.12. The number of fused-ring (bicyclic) bond motifs is 1. The molecule has 3 rings (SSSR count). The first-order chi connectivity index (χ1) is 10.3. The van der Waals surface area contributed by atoms with Gasteiger partial charge in [-0.3, -0.25) is 0 Å². The summed E-state index contributed by atoms with van der Waals surface area (Å²) in [7, 11) is 0. The van der Waals surface area contributed by atoms with Crippen LogP contribution in [-0.4, -0.2) is 21.5 Å². The summed E-state index contributed by atoms with van der Waals surface area (Å²) in [6.45, 7) is 2.79. The van der Waals surface area contributed by atoms with Crippen LogP contribution in [0.3, 0.4) is 0 Å². The van der Waals surface area contributed by atoms with Gasteiger partial charge in [0.1, 0.15) is 5.69 Å². The van der Waals surface area contributed by atoms with E-state index >= 15 is 0 Å². The third kappa shape index (κ3) is 2.81. The first-order valence-corrected chi connectivity index (χ1v) is 6.90. The van der Waals surface area contributed by atoms with Crippen molar-refractivity contribution in [3.8, 4) is 11.4 Å². The van der Waals surface area contributed by atoms with E-state index in [0.717, 1.165) is 23.9 Å². The molecule has 106 valence electrons. The van der Waals surface area contributed by atoms with Crippen LogP contribution in [0.4, 0.5) is 10.3 Å². The van der Waals surface area contributed by atoms with E-state index in [4.69, 9.17) is 0 Å². The SMILES string of the molecule is CCCNc1ncc(F)c(-c2ccc3ccccc3n2)n1. The molecule has 0 unspecified atom stereocenters. The fraction of sp³-hybridized carbons (Fsp3) is 0.188. The van der Waals surface area contributed by atoms with Gasteiger partial charge in [-0.05, 0) is 18.6 Å². The molecule has 4 nitrogen and oxygen atoms in total. The lowest BCUT2D eigenvalue weighted by Gasteiger charge is -2.07. The Balaban J connectivity index is 2.04. The molecule has 0 spiro atoms. The molecule has 0 aliphatic carbocycles. The summed E-state index contributed by atoms with van der Waals surface area (Å²) in [6, 6.07) is 11.4. The van der Waals surface area contributed by atoms with E-state index in [9.17, 15) is 4.39 Å². The lowest BCUT2D eigenvalue weighted by molar-refractivity contribution is 0.618. The van der Waals surface area contributed by atoms with Crippen molar-refractivity contribution in [1.29, 1.82) is 0 Å². The van der Waals surface area contributed by atoms with Crippen molar-refractivity contribution in [2.75, 3.05) is 11.9 Å². The molecule has 0 aliphatic heterocycles. The van der Waals surface area contributed by atoms with Gasteiger partial charge in [-0.2, -0.15) is 0 Å². The quantitative estimate of drug-likeness (QED) is 0.793. The van der Waals surface area contributed by atoms with Gasteiger partial charge in [0.25, 0.3) is 0 Å². The molecule has 2 heterocycles. The Bertz CT molecular complexity index is 773. The summed E-state index contributed by atoms with van der Waals surface area (Å²) in [5.41, 5.74) is 1.54. The molecule has 0 aliphatic rings. The van der Waals surface area contributed by atoms with E-state index < -0.39 is 5.82 Å². The van der Waals surface area contributed by atoms with E-state index in [1.165, 1.54) is 6.20 Å². The van der Waals surface area contributed by atoms with Gasteiger partial charge >= 0.3 is 0 Å². The smallest absolute Gasteiger partial charge is 0.223 e. The van der Waals surface area contributed by atoms with Gasteiger partial charge in [-0.15, -0.1) is 0 Å².